The summed E-state index contributed by atoms with van der Waals surface area (Å²) >= 11 is 0. The van der Waals surface area contributed by atoms with Crippen molar-refractivity contribution in [1.29, 1.82) is 0 Å². The molecule has 1 rings (SSSR count). The van der Waals surface area contributed by atoms with Crippen LogP contribution in [0.4, 0.5) is 0 Å². The van der Waals surface area contributed by atoms with E-state index < -0.39 is 5.79 Å². The lowest BCUT2D eigenvalue weighted by Gasteiger charge is -2.44. The smallest absolute Gasteiger partial charge is 0.158 e. The summed E-state index contributed by atoms with van der Waals surface area (Å²) in [6.45, 7) is 6.74. The standard InChI is InChI=1S/C11H22O3/c1-10(2,3)9-5-7-11(13-4,14-12)8-6-9/h9,12H,5-8H2,1-4H3/p-1. The molecule has 0 atom stereocenters. The first kappa shape index (κ1) is 12.0. The molecule has 14 heavy (non-hydrogen) atoms. The molecule has 0 aromatic heterocycles. The first-order valence-electron chi connectivity index (χ1n) is 5.30. The van der Waals surface area contributed by atoms with Crippen molar-refractivity contribution in [3.8, 4) is 0 Å². The van der Waals surface area contributed by atoms with Crippen molar-refractivity contribution in [2.75, 3.05) is 7.11 Å². The Balaban J connectivity index is 2.53. The van der Waals surface area contributed by atoms with Gasteiger partial charge in [0.05, 0.1) is 0 Å². The van der Waals surface area contributed by atoms with Gasteiger partial charge in [0.2, 0.25) is 0 Å². The molecule has 0 amide bonds. The summed E-state index contributed by atoms with van der Waals surface area (Å²) in [6.07, 6.45) is 3.46. The molecule has 1 aliphatic rings. The van der Waals surface area contributed by atoms with Crippen molar-refractivity contribution in [1.82, 2.24) is 0 Å². The minimum Gasteiger partial charge on any atom is -0.721 e. The minimum atomic E-state index is -0.845. The molecule has 0 aromatic rings. The van der Waals surface area contributed by atoms with Crippen LogP contribution >= 0.6 is 0 Å². The zero-order valence-corrected chi connectivity index (χ0v) is 9.63. The zero-order chi connectivity index (χ0) is 10.8. The highest BCUT2D eigenvalue weighted by Crippen LogP contribution is 2.42. The molecule has 0 N–H and O–H groups in total. The Morgan fingerprint density at radius 2 is 1.71 bits per heavy atom. The van der Waals surface area contributed by atoms with Crippen LogP contribution in [-0.2, 0) is 9.62 Å². The Bertz CT molecular complexity index is 169. The summed E-state index contributed by atoms with van der Waals surface area (Å²) in [4.78, 5) is 4.22. The van der Waals surface area contributed by atoms with Gasteiger partial charge in [-0.05, 0) is 24.2 Å². The second-order valence-electron chi connectivity index (χ2n) is 5.34. The molecule has 1 fully saturated rings. The predicted octanol–water partition coefficient (Wildman–Crippen LogP) is 1.86. The van der Waals surface area contributed by atoms with E-state index in [1.807, 2.05) is 0 Å². The van der Waals surface area contributed by atoms with Crippen LogP contribution in [0.3, 0.4) is 0 Å². The van der Waals surface area contributed by atoms with E-state index in [-0.39, 0.29) is 0 Å². The average Bonchev–Trinajstić information content (AvgIpc) is 2.16. The maximum Gasteiger partial charge on any atom is 0.158 e. The van der Waals surface area contributed by atoms with Gasteiger partial charge in [-0.1, -0.05) is 20.8 Å². The predicted molar refractivity (Wildman–Crippen MR) is 52.2 cm³/mol. The number of hydrogen-bond donors (Lipinski definition) is 0. The summed E-state index contributed by atoms with van der Waals surface area (Å²) in [5.41, 5.74) is 0.322. The largest absolute Gasteiger partial charge is 0.721 e. The van der Waals surface area contributed by atoms with Crippen LogP contribution in [-0.4, -0.2) is 12.9 Å². The third kappa shape index (κ3) is 2.47. The Labute approximate surface area is 86.3 Å². The summed E-state index contributed by atoms with van der Waals surface area (Å²) in [5, 5.41) is 10.6. The second kappa shape index (κ2) is 4.17. The highest BCUT2D eigenvalue weighted by molar-refractivity contribution is 4.84. The summed E-state index contributed by atoms with van der Waals surface area (Å²) in [7, 11) is 1.55. The monoisotopic (exact) mass is 201 g/mol. The van der Waals surface area contributed by atoms with Gasteiger partial charge < -0.3 is 14.9 Å². The van der Waals surface area contributed by atoms with E-state index in [4.69, 9.17) is 4.74 Å². The van der Waals surface area contributed by atoms with Crippen LogP contribution in [0.1, 0.15) is 46.5 Å². The lowest BCUT2D eigenvalue weighted by atomic mass is 9.71. The second-order valence-corrected chi connectivity index (χ2v) is 5.34. The molecule has 3 heteroatoms. The van der Waals surface area contributed by atoms with E-state index in [9.17, 15) is 5.26 Å². The third-order valence-corrected chi connectivity index (χ3v) is 3.50. The van der Waals surface area contributed by atoms with Gasteiger partial charge in [0.1, 0.15) is 0 Å². The minimum absolute atomic E-state index is 0.322. The van der Waals surface area contributed by atoms with E-state index in [1.165, 1.54) is 0 Å². The highest BCUT2D eigenvalue weighted by Gasteiger charge is 2.37. The van der Waals surface area contributed by atoms with Gasteiger partial charge in [0.25, 0.3) is 0 Å². The fraction of sp³-hybridized carbons (Fsp3) is 1.00. The molecule has 1 saturated carbocycles. The summed E-state index contributed by atoms with van der Waals surface area (Å²) in [5.74, 6) is -0.178. The van der Waals surface area contributed by atoms with Crippen molar-refractivity contribution in [2.24, 2.45) is 11.3 Å². The van der Waals surface area contributed by atoms with Gasteiger partial charge in [-0.25, -0.2) is 0 Å². The quantitative estimate of drug-likeness (QED) is 0.389. The molecule has 0 aromatic carbocycles. The molecular formula is C11H21O3-. The average molecular weight is 201 g/mol. The van der Waals surface area contributed by atoms with Gasteiger partial charge in [0.15, 0.2) is 5.79 Å². The van der Waals surface area contributed by atoms with E-state index >= 15 is 0 Å². The zero-order valence-electron chi connectivity index (χ0n) is 9.63. The number of rotatable bonds is 2. The number of hydrogen-bond acceptors (Lipinski definition) is 3. The van der Waals surface area contributed by atoms with Crippen LogP contribution < -0.4 is 5.26 Å². The molecule has 0 heterocycles. The van der Waals surface area contributed by atoms with E-state index in [0.717, 1.165) is 25.7 Å². The molecule has 3 nitrogen and oxygen atoms in total. The lowest BCUT2D eigenvalue weighted by molar-refractivity contribution is -0.739. The third-order valence-electron chi connectivity index (χ3n) is 3.50. The van der Waals surface area contributed by atoms with Gasteiger partial charge in [-0.2, -0.15) is 0 Å². The Kier molecular flexibility index (Phi) is 3.56. The topological polar surface area (TPSA) is 41.5 Å². The van der Waals surface area contributed by atoms with Crippen molar-refractivity contribution < 1.29 is 14.9 Å². The Morgan fingerprint density at radius 1 is 1.21 bits per heavy atom. The first-order chi connectivity index (χ1) is 6.43. The van der Waals surface area contributed by atoms with Gasteiger partial charge >= 0.3 is 0 Å². The van der Waals surface area contributed by atoms with Crippen molar-refractivity contribution in [3.63, 3.8) is 0 Å². The van der Waals surface area contributed by atoms with Gasteiger partial charge in [-0.15, -0.1) is 0 Å². The highest BCUT2D eigenvalue weighted by atomic mass is 17.1. The molecule has 1 aliphatic carbocycles. The molecule has 84 valence electrons. The normalized spacial score (nSPS) is 34.5. The molecular weight excluding hydrogens is 180 g/mol. The van der Waals surface area contributed by atoms with E-state index in [0.29, 0.717) is 11.3 Å². The SMILES string of the molecule is COC1(O[O-])CCC(C(C)(C)C)CC1. The fourth-order valence-electron chi connectivity index (χ4n) is 2.25. The molecule has 0 aliphatic heterocycles. The van der Waals surface area contributed by atoms with E-state index in [2.05, 4.69) is 25.7 Å². The van der Waals surface area contributed by atoms with E-state index in [1.54, 1.807) is 7.11 Å². The summed E-state index contributed by atoms with van der Waals surface area (Å²) < 4.78 is 5.15. The van der Waals surface area contributed by atoms with Crippen molar-refractivity contribution in [3.05, 3.63) is 0 Å². The maximum atomic E-state index is 10.6. The molecule has 0 saturated heterocycles. The van der Waals surface area contributed by atoms with Crippen LogP contribution in [0.5, 0.6) is 0 Å². The number of ether oxygens (including phenoxy) is 1. The molecule has 0 spiro atoms. The van der Waals surface area contributed by atoms with Crippen molar-refractivity contribution in [2.45, 2.75) is 52.2 Å². The van der Waals surface area contributed by atoms with Crippen molar-refractivity contribution >= 4 is 0 Å². The van der Waals surface area contributed by atoms with Gasteiger partial charge in [0, 0.05) is 20.0 Å². The summed E-state index contributed by atoms with van der Waals surface area (Å²) in [6, 6.07) is 0. The maximum absolute atomic E-state index is 10.6. The van der Waals surface area contributed by atoms with Crippen LogP contribution in [0, 0.1) is 11.3 Å². The molecule has 0 radical (unpaired) electrons. The Hall–Kier alpha value is -0.120. The first-order valence-corrected chi connectivity index (χ1v) is 5.30. The Morgan fingerprint density at radius 3 is 2.00 bits per heavy atom. The van der Waals surface area contributed by atoms with Crippen LogP contribution in [0.25, 0.3) is 0 Å². The lowest BCUT2D eigenvalue weighted by Crippen LogP contribution is -2.44. The van der Waals surface area contributed by atoms with Gasteiger partial charge in [-0.3, -0.25) is 0 Å². The molecule has 0 bridgehead atoms. The fourth-order valence-corrected chi connectivity index (χ4v) is 2.25. The number of methoxy groups -OCH3 is 1. The van der Waals surface area contributed by atoms with Crippen LogP contribution in [0.2, 0.25) is 0 Å². The van der Waals surface area contributed by atoms with Crippen LogP contribution in [0.15, 0.2) is 0 Å². The molecule has 0 unspecified atom stereocenters.